The van der Waals surface area contributed by atoms with Gasteiger partial charge in [0.2, 0.25) is 0 Å². The number of phenolic OH excluding ortho intramolecular Hbond substituents is 1. The third-order valence-electron chi connectivity index (χ3n) is 8.95. The van der Waals surface area contributed by atoms with Crippen LogP contribution in [0.5, 0.6) is 5.75 Å². The molecule has 1 aliphatic carbocycles. The van der Waals surface area contributed by atoms with E-state index in [-0.39, 0.29) is 5.92 Å². The van der Waals surface area contributed by atoms with Gasteiger partial charge in [-0.25, -0.2) is 0 Å². The Balaban J connectivity index is 1.28. The Bertz CT molecular complexity index is 1210. The summed E-state index contributed by atoms with van der Waals surface area (Å²) < 4.78 is 0. The second-order valence-electron chi connectivity index (χ2n) is 11.2. The average Bonchev–Trinajstić information content (AvgIpc) is 3.30. The molecule has 2 fully saturated rings. The number of benzene rings is 3. The maximum absolute atomic E-state index is 11.0. The topological polar surface area (TPSA) is 43.8 Å². The van der Waals surface area contributed by atoms with Crippen LogP contribution in [0.3, 0.4) is 0 Å². The Labute approximate surface area is 214 Å². The first-order valence-electron chi connectivity index (χ1n) is 13.5. The molecule has 3 aromatic rings. The number of hydrogen-bond donors (Lipinski definition) is 1. The van der Waals surface area contributed by atoms with Crippen LogP contribution in [0.2, 0.25) is 0 Å². The van der Waals surface area contributed by atoms with Crippen molar-refractivity contribution < 1.29 is 9.90 Å². The van der Waals surface area contributed by atoms with Gasteiger partial charge in [0.05, 0.1) is 6.54 Å². The summed E-state index contributed by atoms with van der Waals surface area (Å²) >= 11 is 0. The number of hydrogen-bond acceptors (Lipinski definition) is 4. The number of nitrogens with zero attached hydrogens (tertiary/aromatic N) is 2. The molecule has 4 heteroatoms. The van der Waals surface area contributed by atoms with E-state index in [1.54, 1.807) is 0 Å². The number of carbonyl (C=O) groups is 1. The van der Waals surface area contributed by atoms with Gasteiger partial charge < -0.3 is 14.8 Å². The lowest BCUT2D eigenvalue weighted by molar-refractivity contribution is -0.108. The summed E-state index contributed by atoms with van der Waals surface area (Å²) in [6.07, 6.45) is 6.80. The molecule has 0 amide bonds. The number of aromatic hydroxyl groups is 1. The number of piperidine rings is 1. The van der Waals surface area contributed by atoms with Crippen LogP contribution in [0.15, 0.2) is 72.8 Å². The van der Waals surface area contributed by atoms with E-state index in [4.69, 9.17) is 0 Å². The van der Waals surface area contributed by atoms with Crippen LogP contribution in [0.4, 0.5) is 5.69 Å². The summed E-state index contributed by atoms with van der Waals surface area (Å²) in [4.78, 5) is 15.9. The summed E-state index contributed by atoms with van der Waals surface area (Å²) in [6.45, 7) is 4.85. The van der Waals surface area contributed by atoms with Crippen LogP contribution in [-0.2, 0) is 11.2 Å². The lowest BCUT2D eigenvalue weighted by Gasteiger charge is -2.42. The molecular weight excluding hydrogens is 444 g/mol. The van der Waals surface area contributed by atoms with Crippen LogP contribution in [-0.4, -0.2) is 49.0 Å². The van der Waals surface area contributed by atoms with Crippen molar-refractivity contribution in [3.05, 3.63) is 95.1 Å². The fraction of sp³-hybridized carbons (Fsp3) is 0.406. The highest BCUT2D eigenvalue weighted by Gasteiger charge is 2.41. The largest absolute Gasteiger partial charge is 0.508 e. The molecule has 186 valence electrons. The third kappa shape index (κ3) is 4.43. The molecule has 0 aromatic heterocycles. The summed E-state index contributed by atoms with van der Waals surface area (Å²) in [6, 6.07) is 26.2. The zero-order chi connectivity index (χ0) is 24.5. The number of phenols is 1. The lowest BCUT2D eigenvalue weighted by Crippen LogP contribution is -2.45. The minimum absolute atomic E-state index is 0.283. The van der Waals surface area contributed by atoms with E-state index in [9.17, 15) is 9.90 Å². The molecule has 3 aliphatic rings. The Morgan fingerprint density at radius 2 is 1.75 bits per heavy atom. The van der Waals surface area contributed by atoms with Gasteiger partial charge in [-0.1, -0.05) is 48.5 Å². The minimum atomic E-state index is 0.283. The quantitative estimate of drug-likeness (QED) is 0.473. The van der Waals surface area contributed by atoms with Crippen LogP contribution >= 0.6 is 0 Å². The molecule has 1 unspecified atom stereocenters. The monoisotopic (exact) mass is 480 g/mol. The summed E-state index contributed by atoms with van der Waals surface area (Å²) in [5.41, 5.74) is 7.00. The molecule has 2 aliphatic heterocycles. The summed E-state index contributed by atoms with van der Waals surface area (Å²) in [5.74, 6) is 1.07. The molecule has 3 aromatic carbocycles. The minimum Gasteiger partial charge on any atom is -0.508 e. The molecule has 1 N–H and O–H groups in total. The molecule has 2 heterocycles. The predicted molar refractivity (Wildman–Crippen MR) is 145 cm³/mol. The second kappa shape index (κ2) is 9.74. The van der Waals surface area contributed by atoms with Gasteiger partial charge in [0.1, 0.15) is 12.0 Å². The van der Waals surface area contributed by atoms with E-state index in [0.717, 1.165) is 45.3 Å². The molecular formula is C32H36N2O2. The van der Waals surface area contributed by atoms with Crippen LogP contribution in [0.25, 0.3) is 0 Å². The van der Waals surface area contributed by atoms with Crippen LogP contribution in [0, 0.1) is 5.41 Å². The molecule has 0 bridgehead atoms. The normalized spacial score (nSPS) is 26.2. The molecule has 0 saturated carbocycles. The van der Waals surface area contributed by atoms with E-state index in [2.05, 4.69) is 70.5 Å². The number of carbonyl (C=O) groups excluding carboxylic acids is 1. The van der Waals surface area contributed by atoms with Crippen LogP contribution in [0.1, 0.15) is 59.8 Å². The van der Waals surface area contributed by atoms with Gasteiger partial charge in [-0.3, -0.25) is 4.90 Å². The van der Waals surface area contributed by atoms with Crippen molar-refractivity contribution in [2.24, 2.45) is 5.41 Å². The third-order valence-corrected chi connectivity index (χ3v) is 8.95. The van der Waals surface area contributed by atoms with Gasteiger partial charge in [0.15, 0.2) is 0 Å². The van der Waals surface area contributed by atoms with Crippen molar-refractivity contribution in [3.8, 4) is 5.75 Å². The number of aryl methyl sites for hydroxylation is 1. The SMILES string of the molecule is O=CCN1CCC2(CCCN(c3ccc([C@H]4c5ccc(O)cc5CC[C@H]4c4ccccc4)cc3)C2)C1. The first-order chi connectivity index (χ1) is 17.6. The van der Waals surface area contributed by atoms with Crippen molar-refractivity contribution in [1.82, 2.24) is 4.90 Å². The molecule has 2 saturated heterocycles. The van der Waals surface area contributed by atoms with Gasteiger partial charge in [0.25, 0.3) is 0 Å². The van der Waals surface area contributed by atoms with Gasteiger partial charge in [-0.2, -0.15) is 0 Å². The molecule has 3 atom stereocenters. The van der Waals surface area contributed by atoms with E-state index in [1.165, 1.54) is 47.2 Å². The first kappa shape index (κ1) is 23.3. The Morgan fingerprint density at radius 1 is 0.917 bits per heavy atom. The maximum atomic E-state index is 11.0. The van der Waals surface area contributed by atoms with Gasteiger partial charge >= 0.3 is 0 Å². The maximum Gasteiger partial charge on any atom is 0.133 e. The highest BCUT2D eigenvalue weighted by Crippen LogP contribution is 2.47. The second-order valence-corrected chi connectivity index (χ2v) is 11.2. The number of anilines is 1. The number of aldehydes is 1. The van der Waals surface area contributed by atoms with Crippen LogP contribution < -0.4 is 4.90 Å². The predicted octanol–water partition coefficient (Wildman–Crippen LogP) is 5.75. The smallest absolute Gasteiger partial charge is 0.133 e. The van der Waals surface area contributed by atoms with E-state index < -0.39 is 0 Å². The average molecular weight is 481 g/mol. The zero-order valence-electron chi connectivity index (χ0n) is 21.0. The number of fused-ring (bicyclic) bond motifs is 1. The van der Waals surface area contributed by atoms with E-state index in [1.807, 2.05) is 12.1 Å². The van der Waals surface area contributed by atoms with Crippen molar-refractivity contribution in [1.29, 1.82) is 0 Å². The van der Waals surface area contributed by atoms with Gasteiger partial charge in [-0.05, 0) is 91.1 Å². The summed E-state index contributed by atoms with van der Waals surface area (Å²) in [7, 11) is 0. The molecule has 36 heavy (non-hydrogen) atoms. The van der Waals surface area contributed by atoms with E-state index >= 15 is 0 Å². The molecule has 0 radical (unpaired) electrons. The van der Waals surface area contributed by atoms with Crippen molar-refractivity contribution >= 4 is 12.0 Å². The Morgan fingerprint density at radius 3 is 2.56 bits per heavy atom. The molecule has 1 spiro atoms. The Kier molecular flexibility index (Phi) is 6.30. The van der Waals surface area contributed by atoms with Gasteiger partial charge in [0, 0.05) is 36.7 Å². The highest BCUT2D eigenvalue weighted by molar-refractivity contribution is 5.53. The van der Waals surface area contributed by atoms with Crippen molar-refractivity contribution in [2.75, 3.05) is 37.6 Å². The number of likely N-dealkylation sites (tertiary alicyclic amines) is 1. The summed E-state index contributed by atoms with van der Waals surface area (Å²) in [5, 5.41) is 10.1. The highest BCUT2D eigenvalue weighted by atomic mass is 16.3. The zero-order valence-corrected chi connectivity index (χ0v) is 21.0. The van der Waals surface area contributed by atoms with Gasteiger partial charge in [-0.15, -0.1) is 0 Å². The van der Waals surface area contributed by atoms with E-state index in [0.29, 0.717) is 23.6 Å². The number of rotatable bonds is 5. The molecule has 4 nitrogen and oxygen atoms in total. The Hall–Kier alpha value is -3.11. The molecule has 6 rings (SSSR count). The fourth-order valence-electron chi connectivity index (χ4n) is 7.22. The van der Waals surface area contributed by atoms with Crippen molar-refractivity contribution in [2.45, 2.75) is 43.9 Å². The standard InChI is InChI=1S/C32H36N2O2/c35-20-19-33-18-16-32(22-33)15-4-17-34(23-32)27-10-7-25(8-11-27)31-29(24-5-2-1-3-6-24)13-9-26-21-28(36)12-14-30(26)31/h1-3,5-8,10-12,14,20-21,29,31,36H,4,9,13,15-19,22-23H2/t29-,31+,32?/m0/s1. The fourth-order valence-corrected chi connectivity index (χ4v) is 7.22. The lowest BCUT2D eigenvalue weighted by atomic mass is 9.69. The van der Waals surface area contributed by atoms with Crippen molar-refractivity contribution in [3.63, 3.8) is 0 Å². The first-order valence-corrected chi connectivity index (χ1v) is 13.5.